The number of hydrogen-bond acceptors (Lipinski definition) is 2. The fraction of sp³-hybridized carbons (Fsp3) is 0.125. The third-order valence-corrected chi connectivity index (χ3v) is 1.45. The van der Waals surface area contributed by atoms with Crippen molar-refractivity contribution in [1.29, 1.82) is 0 Å². The van der Waals surface area contributed by atoms with Crippen LogP contribution in [-0.2, 0) is 0 Å². The molecule has 1 atom stereocenters. The van der Waals surface area contributed by atoms with Crippen molar-refractivity contribution >= 4 is 15.5 Å². The molecule has 0 heterocycles. The van der Waals surface area contributed by atoms with Crippen LogP contribution in [0.15, 0.2) is 30.3 Å². The number of carbonyl (C=O) groups excluding carboxylic acids is 1. The monoisotopic (exact) mass is 183 g/mol. The van der Waals surface area contributed by atoms with Gasteiger partial charge >= 0.3 is 6.09 Å². The predicted octanol–water partition coefficient (Wildman–Crippen LogP) is 1.91. The van der Waals surface area contributed by atoms with Gasteiger partial charge in [-0.25, -0.2) is 4.79 Å². The first-order chi connectivity index (χ1) is 5.70. The number of amides is 1. The van der Waals surface area contributed by atoms with Gasteiger partial charge in [-0.3, -0.25) is 4.67 Å². The third kappa shape index (κ3) is 2.51. The van der Waals surface area contributed by atoms with E-state index in [1.807, 2.05) is 18.2 Å². The maximum atomic E-state index is 11.0. The van der Waals surface area contributed by atoms with Gasteiger partial charge in [0.15, 0.2) is 0 Å². The summed E-state index contributed by atoms with van der Waals surface area (Å²) in [6.45, 7) is 0. The molecule has 0 aliphatic carbocycles. The highest BCUT2D eigenvalue weighted by atomic mass is 31.0. The van der Waals surface area contributed by atoms with Crippen molar-refractivity contribution < 1.29 is 9.53 Å². The molecule has 0 saturated carbocycles. The number of rotatable bonds is 1. The minimum Gasteiger partial charge on any atom is -0.410 e. The van der Waals surface area contributed by atoms with Crippen molar-refractivity contribution in [2.75, 3.05) is 7.05 Å². The maximum Gasteiger partial charge on any atom is 0.417 e. The van der Waals surface area contributed by atoms with E-state index in [4.69, 9.17) is 4.74 Å². The highest BCUT2D eigenvalue weighted by Crippen LogP contribution is 2.10. The number of nitrogens with zero attached hydrogens (tertiary/aromatic N) is 1. The van der Waals surface area contributed by atoms with E-state index in [0.717, 1.165) is 0 Å². The molecule has 0 aliphatic heterocycles. The van der Waals surface area contributed by atoms with Gasteiger partial charge in [0.1, 0.15) is 5.75 Å². The Kier molecular flexibility index (Phi) is 3.06. The molecule has 1 aromatic rings. The van der Waals surface area contributed by atoms with Crippen molar-refractivity contribution in [3.05, 3.63) is 30.3 Å². The Morgan fingerprint density at radius 3 is 2.50 bits per heavy atom. The van der Waals surface area contributed by atoms with Crippen LogP contribution in [0.4, 0.5) is 4.79 Å². The fourth-order valence-electron chi connectivity index (χ4n) is 0.661. The normalized spacial score (nSPS) is 9.17. The molecule has 0 fully saturated rings. The second-order valence-electron chi connectivity index (χ2n) is 2.29. The molecule has 0 saturated heterocycles. The molecular weight excluding hydrogens is 173 g/mol. The lowest BCUT2D eigenvalue weighted by Gasteiger charge is -2.09. The Balaban J connectivity index is 2.59. The Labute approximate surface area is 73.6 Å². The van der Waals surface area contributed by atoms with E-state index in [1.54, 1.807) is 19.2 Å². The Morgan fingerprint density at radius 2 is 2.00 bits per heavy atom. The molecule has 64 valence electrons. The molecule has 1 aromatic carbocycles. The number of hydrogen-bond donors (Lipinski definition) is 0. The SMILES string of the molecule is CN(P)C(=O)Oc1ccccc1. The van der Waals surface area contributed by atoms with E-state index >= 15 is 0 Å². The highest BCUT2D eigenvalue weighted by molar-refractivity contribution is 7.14. The molecule has 0 aromatic heterocycles. The first-order valence-electron chi connectivity index (χ1n) is 3.45. The minimum absolute atomic E-state index is 0.397. The van der Waals surface area contributed by atoms with E-state index in [1.165, 1.54) is 4.67 Å². The summed E-state index contributed by atoms with van der Waals surface area (Å²) in [6, 6.07) is 8.94. The number of ether oxygens (including phenoxy) is 1. The Hall–Kier alpha value is -1.08. The van der Waals surface area contributed by atoms with E-state index in [-0.39, 0.29) is 0 Å². The summed E-state index contributed by atoms with van der Waals surface area (Å²) in [7, 11) is 3.83. The lowest BCUT2D eigenvalue weighted by atomic mass is 10.3. The van der Waals surface area contributed by atoms with Crippen LogP contribution in [0.25, 0.3) is 0 Å². The molecule has 0 radical (unpaired) electrons. The second-order valence-corrected chi connectivity index (χ2v) is 3.07. The van der Waals surface area contributed by atoms with Gasteiger partial charge in [0.2, 0.25) is 0 Å². The Bertz CT molecular complexity index is 261. The van der Waals surface area contributed by atoms with Gasteiger partial charge in [-0.2, -0.15) is 0 Å². The smallest absolute Gasteiger partial charge is 0.410 e. The average Bonchev–Trinajstić information content (AvgIpc) is 2.06. The summed E-state index contributed by atoms with van der Waals surface area (Å²) < 4.78 is 6.24. The topological polar surface area (TPSA) is 29.5 Å². The zero-order chi connectivity index (χ0) is 8.97. The van der Waals surface area contributed by atoms with E-state index in [0.29, 0.717) is 5.75 Å². The van der Waals surface area contributed by atoms with Gasteiger partial charge < -0.3 is 4.74 Å². The van der Waals surface area contributed by atoms with Crippen LogP contribution in [-0.4, -0.2) is 17.8 Å². The van der Waals surface area contributed by atoms with Gasteiger partial charge in [0, 0.05) is 7.05 Å². The highest BCUT2D eigenvalue weighted by Gasteiger charge is 2.04. The molecule has 0 aliphatic rings. The predicted molar refractivity (Wildman–Crippen MR) is 49.9 cm³/mol. The van der Waals surface area contributed by atoms with E-state index < -0.39 is 6.09 Å². The first-order valence-corrected chi connectivity index (χ1v) is 3.97. The zero-order valence-corrected chi connectivity index (χ0v) is 7.88. The summed E-state index contributed by atoms with van der Waals surface area (Å²) in [5.74, 6) is 0.553. The first kappa shape index (κ1) is 9.01. The summed E-state index contributed by atoms with van der Waals surface area (Å²) in [5, 5.41) is 0. The molecule has 1 unspecified atom stereocenters. The van der Waals surface area contributed by atoms with Crippen LogP contribution in [0.5, 0.6) is 5.75 Å². The zero-order valence-electron chi connectivity index (χ0n) is 6.73. The maximum absolute atomic E-state index is 11.0. The van der Waals surface area contributed by atoms with Gasteiger partial charge in [0.05, 0.1) is 0 Å². The van der Waals surface area contributed by atoms with Crippen molar-refractivity contribution in [2.24, 2.45) is 0 Å². The molecule has 12 heavy (non-hydrogen) atoms. The van der Waals surface area contributed by atoms with Crippen LogP contribution in [0.3, 0.4) is 0 Å². The largest absolute Gasteiger partial charge is 0.417 e. The average molecular weight is 183 g/mol. The van der Waals surface area contributed by atoms with Crippen LogP contribution in [0.1, 0.15) is 0 Å². The summed E-state index contributed by atoms with van der Waals surface area (Å²) in [6.07, 6.45) is -0.397. The van der Waals surface area contributed by atoms with Crippen molar-refractivity contribution in [1.82, 2.24) is 4.67 Å². The van der Waals surface area contributed by atoms with Gasteiger partial charge in [-0.1, -0.05) is 18.2 Å². The molecule has 0 bridgehead atoms. The van der Waals surface area contributed by atoms with Crippen LogP contribution < -0.4 is 4.74 Å². The summed E-state index contributed by atoms with van der Waals surface area (Å²) >= 11 is 0. The van der Waals surface area contributed by atoms with Gasteiger partial charge in [-0.15, -0.1) is 0 Å². The minimum atomic E-state index is -0.397. The van der Waals surface area contributed by atoms with Gasteiger partial charge in [-0.05, 0) is 21.5 Å². The van der Waals surface area contributed by atoms with Crippen molar-refractivity contribution in [3.8, 4) is 5.75 Å². The number of benzene rings is 1. The quantitative estimate of drug-likeness (QED) is 0.622. The fourth-order valence-corrected chi connectivity index (χ4v) is 0.714. The summed E-state index contributed by atoms with van der Waals surface area (Å²) in [4.78, 5) is 11.0. The van der Waals surface area contributed by atoms with Crippen LogP contribution in [0.2, 0.25) is 0 Å². The molecular formula is C8H10NO2P. The van der Waals surface area contributed by atoms with E-state index in [2.05, 4.69) is 9.39 Å². The summed E-state index contributed by atoms with van der Waals surface area (Å²) in [5.41, 5.74) is 0. The van der Waals surface area contributed by atoms with E-state index in [9.17, 15) is 4.79 Å². The molecule has 4 heteroatoms. The van der Waals surface area contributed by atoms with Crippen molar-refractivity contribution in [3.63, 3.8) is 0 Å². The molecule has 1 amide bonds. The molecule has 1 rings (SSSR count). The molecule has 0 spiro atoms. The van der Waals surface area contributed by atoms with Crippen molar-refractivity contribution in [2.45, 2.75) is 0 Å². The van der Waals surface area contributed by atoms with Crippen LogP contribution >= 0.6 is 9.39 Å². The standard InChI is InChI=1S/C8H10NO2P/c1-9(12)8(10)11-7-5-3-2-4-6-7/h2-6H,12H2,1H3. The third-order valence-electron chi connectivity index (χ3n) is 1.24. The second kappa shape index (κ2) is 4.07. The number of para-hydroxylation sites is 1. The lowest BCUT2D eigenvalue weighted by Crippen LogP contribution is -2.19. The molecule has 0 N–H and O–H groups in total. The Morgan fingerprint density at radius 1 is 1.42 bits per heavy atom. The lowest BCUT2D eigenvalue weighted by molar-refractivity contribution is 0.187. The molecule has 3 nitrogen and oxygen atoms in total. The number of carbonyl (C=O) groups is 1. The van der Waals surface area contributed by atoms with Gasteiger partial charge in [0.25, 0.3) is 0 Å². The van der Waals surface area contributed by atoms with Crippen LogP contribution in [0, 0.1) is 0 Å².